The molecular weight excluding hydrogens is 214 g/mol. The third-order valence-corrected chi connectivity index (χ3v) is 2.63. The van der Waals surface area contributed by atoms with Gasteiger partial charge in [0.05, 0.1) is 17.8 Å². The molecule has 0 fully saturated rings. The van der Waals surface area contributed by atoms with Crippen LogP contribution in [-0.4, -0.2) is 14.8 Å². The summed E-state index contributed by atoms with van der Waals surface area (Å²) in [5.74, 6) is 0.829. The summed E-state index contributed by atoms with van der Waals surface area (Å²) in [7, 11) is 1.84. The molecule has 0 atom stereocenters. The molecule has 2 aromatic rings. The van der Waals surface area contributed by atoms with Crippen molar-refractivity contribution in [2.75, 3.05) is 5.32 Å². The Morgan fingerprint density at radius 2 is 2.29 bits per heavy atom. The van der Waals surface area contributed by atoms with Crippen molar-refractivity contribution < 1.29 is 0 Å². The number of aromatic nitrogens is 3. The largest absolute Gasteiger partial charge is 0.377 e. The lowest BCUT2D eigenvalue weighted by molar-refractivity contribution is 0.712. The van der Waals surface area contributed by atoms with E-state index in [1.165, 1.54) is 6.33 Å². The summed E-state index contributed by atoms with van der Waals surface area (Å²) in [5.41, 5.74) is 2.47. The van der Waals surface area contributed by atoms with Crippen LogP contribution in [0.3, 0.4) is 0 Å². The molecule has 5 nitrogen and oxygen atoms in total. The second kappa shape index (κ2) is 4.66. The van der Waals surface area contributed by atoms with Gasteiger partial charge in [-0.2, -0.15) is 10.4 Å². The van der Waals surface area contributed by atoms with Crippen LogP contribution in [0.15, 0.2) is 24.5 Å². The maximum atomic E-state index is 9.09. The summed E-state index contributed by atoms with van der Waals surface area (Å²) in [6.45, 7) is 2.47. The molecule has 0 saturated heterocycles. The summed E-state index contributed by atoms with van der Waals surface area (Å²) in [6, 6.07) is 7.94. The van der Waals surface area contributed by atoms with Gasteiger partial charge in [0.2, 0.25) is 0 Å². The molecule has 2 rings (SSSR count). The minimum absolute atomic E-state index is 0.550. The molecular formula is C12H13N5. The van der Waals surface area contributed by atoms with E-state index in [1.807, 2.05) is 32.2 Å². The lowest BCUT2D eigenvalue weighted by atomic mass is 10.1. The first kappa shape index (κ1) is 11.1. The zero-order valence-corrected chi connectivity index (χ0v) is 9.81. The Hall–Kier alpha value is -2.35. The summed E-state index contributed by atoms with van der Waals surface area (Å²) in [4.78, 5) is 4.12. The van der Waals surface area contributed by atoms with E-state index in [-0.39, 0.29) is 0 Å². The van der Waals surface area contributed by atoms with Crippen LogP contribution in [-0.2, 0) is 13.6 Å². The van der Waals surface area contributed by atoms with Crippen molar-refractivity contribution in [3.63, 3.8) is 0 Å². The number of rotatable bonds is 3. The Bertz CT molecular complexity index is 565. The number of nitrogens with zero attached hydrogens (tertiary/aromatic N) is 4. The van der Waals surface area contributed by atoms with E-state index < -0.39 is 0 Å². The van der Waals surface area contributed by atoms with Gasteiger partial charge in [0.15, 0.2) is 0 Å². The fraction of sp³-hybridized carbons (Fsp3) is 0.250. The highest BCUT2D eigenvalue weighted by molar-refractivity contribution is 5.60. The highest BCUT2D eigenvalue weighted by Crippen LogP contribution is 2.18. The second-order valence-electron chi connectivity index (χ2n) is 3.76. The Balaban J connectivity index is 2.18. The van der Waals surface area contributed by atoms with E-state index >= 15 is 0 Å². The van der Waals surface area contributed by atoms with Gasteiger partial charge >= 0.3 is 0 Å². The molecule has 5 heteroatoms. The summed E-state index contributed by atoms with van der Waals surface area (Å²) < 4.78 is 1.70. The standard InChI is InChI=1S/C12H13N5/c1-9-4-3-5-11(10(9)6-13)14-7-12-15-8-16-17(12)2/h3-5,8,14H,7H2,1-2H3. The van der Waals surface area contributed by atoms with E-state index in [2.05, 4.69) is 21.5 Å². The van der Waals surface area contributed by atoms with Crippen LogP contribution < -0.4 is 5.32 Å². The monoisotopic (exact) mass is 227 g/mol. The minimum atomic E-state index is 0.550. The van der Waals surface area contributed by atoms with Crippen LogP contribution in [0.1, 0.15) is 17.0 Å². The van der Waals surface area contributed by atoms with Crippen LogP contribution in [0.2, 0.25) is 0 Å². The van der Waals surface area contributed by atoms with Crippen LogP contribution in [0.4, 0.5) is 5.69 Å². The van der Waals surface area contributed by atoms with E-state index in [9.17, 15) is 0 Å². The molecule has 1 aromatic heterocycles. The fourth-order valence-electron chi connectivity index (χ4n) is 1.62. The molecule has 0 amide bonds. The van der Waals surface area contributed by atoms with Crippen molar-refractivity contribution in [2.45, 2.75) is 13.5 Å². The van der Waals surface area contributed by atoms with E-state index in [4.69, 9.17) is 5.26 Å². The quantitative estimate of drug-likeness (QED) is 0.865. The molecule has 0 aliphatic rings. The second-order valence-corrected chi connectivity index (χ2v) is 3.76. The lowest BCUT2D eigenvalue weighted by Crippen LogP contribution is -2.08. The topological polar surface area (TPSA) is 66.5 Å². The maximum absolute atomic E-state index is 9.09. The van der Waals surface area contributed by atoms with Crippen LogP contribution >= 0.6 is 0 Å². The number of hydrogen-bond acceptors (Lipinski definition) is 4. The van der Waals surface area contributed by atoms with Crippen molar-refractivity contribution in [3.05, 3.63) is 41.5 Å². The first-order chi connectivity index (χ1) is 8.22. The average Bonchev–Trinajstić information content (AvgIpc) is 2.72. The normalized spacial score (nSPS) is 9.94. The fourth-order valence-corrected chi connectivity index (χ4v) is 1.62. The van der Waals surface area contributed by atoms with E-state index in [1.54, 1.807) is 4.68 Å². The molecule has 1 N–H and O–H groups in total. The number of nitrogens with one attached hydrogen (secondary N) is 1. The molecule has 0 aliphatic heterocycles. The molecule has 86 valence electrons. The minimum Gasteiger partial charge on any atom is -0.377 e. The third-order valence-electron chi connectivity index (χ3n) is 2.63. The van der Waals surface area contributed by atoms with Gasteiger partial charge in [-0.25, -0.2) is 4.98 Å². The number of hydrogen-bond donors (Lipinski definition) is 1. The average molecular weight is 227 g/mol. The highest BCUT2D eigenvalue weighted by Gasteiger charge is 2.05. The number of anilines is 1. The van der Waals surface area contributed by atoms with Crippen molar-refractivity contribution in [2.24, 2.45) is 7.05 Å². The molecule has 17 heavy (non-hydrogen) atoms. The summed E-state index contributed by atoms with van der Waals surface area (Å²) in [5, 5.41) is 16.3. The van der Waals surface area contributed by atoms with Gasteiger partial charge in [0, 0.05) is 7.05 Å². The predicted octanol–water partition coefficient (Wildman–Crippen LogP) is 1.61. The predicted molar refractivity (Wildman–Crippen MR) is 64.2 cm³/mol. The van der Waals surface area contributed by atoms with Crippen molar-refractivity contribution in [1.82, 2.24) is 14.8 Å². The van der Waals surface area contributed by atoms with Crippen molar-refractivity contribution >= 4 is 5.69 Å². The van der Waals surface area contributed by atoms with Crippen molar-refractivity contribution in [1.29, 1.82) is 5.26 Å². The molecule has 1 heterocycles. The van der Waals surface area contributed by atoms with Gasteiger partial charge < -0.3 is 5.32 Å². The summed E-state index contributed by atoms with van der Waals surface area (Å²) >= 11 is 0. The lowest BCUT2D eigenvalue weighted by Gasteiger charge is -2.09. The first-order valence-electron chi connectivity index (χ1n) is 5.29. The van der Waals surface area contributed by atoms with Crippen molar-refractivity contribution in [3.8, 4) is 6.07 Å². The first-order valence-corrected chi connectivity index (χ1v) is 5.29. The zero-order valence-electron chi connectivity index (χ0n) is 9.81. The molecule has 0 radical (unpaired) electrons. The molecule has 0 bridgehead atoms. The van der Waals surface area contributed by atoms with Crippen LogP contribution in [0.5, 0.6) is 0 Å². The number of benzene rings is 1. The van der Waals surface area contributed by atoms with E-state index in [0.717, 1.165) is 17.1 Å². The van der Waals surface area contributed by atoms with Gasteiger partial charge in [-0.1, -0.05) is 12.1 Å². The molecule has 0 unspecified atom stereocenters. The summed E-state index contributed by atoms with van der Waals surface area (Å²) in [6.07, 6.45) is 1.51. The molecule has 0 spiro atoms. The Morgan fingerprint density at radius 3 is 2.94 bits per heavy atom. The van der Waals surface area contributed by atoms with Gasteiger partial charge in [0.1, 0.15) is 18.2 Å². The van der Waals surface area contributed by atoms with Gasteiger partial charge in [-0.3, -0.25) is 4.68 Å². The maximum Gasteiger partial charge on any atom is 0.145 e. The molecule has 0 saturated carbocycles. The van der Waals surface area contributed by atoms with Crippen LogP contribution in [0, 0.1) is 18.3 Å². The Morgan fingerprint density at radius 1 is 1.47 bits per heavy atom. The SMILES string of the molecule is Cc1cccc(NCc2ncnn2C)c1C#N. The van der Waals surface area contributed by atoms with Gasteiger partial charge in [0.25, 0.3) is 0 Å². The molecule has 0 aliphatic carbocycles. The van der Waals surface area contributed by atoms with Crippen LogP contribution in [0.25, 0.3) is 0 Å². The zero-order chi connectivity index (χ0) is 12.3. The van der Waals surface area contributed by atoms with Gasteiger partial charge in [-0.15, -0.1) is 0 Å². The molecule has 1 aromatic carbocycles. The number of nitriles is 1. The van der Waals surface area contributed by atoms with E-state index in [0.29, 0.717) is 12.1 Å². The third kappa shape index (κ3) is 2.26. The van der Waals surface area contributed by atoms with Gasteiger partial charge in [-0.05, 0) is 18.6 Å². The highest BCUT2D eigenvalue weighted by atomic mass is 15.3. The Labute approximate surface area is 99.7 Å². The number of aryl methyl sites for hydroxylation is 2. The Kier molecular flexibility index (Phi) is 3.06. The smallest absolute Gasteiger partial charge is 0.145 e.